The maximum absolute atomic E-state index is 12.6. The molecule has 5 nitrogen and oxygen atoms in total. The first kappa shape index (κ1) is 20.4. The van der Waals surface area contributed by atoms with Gasteiger partial charge in [0, 0.05) is 28.9 Å². The Morgan fingerprint density at radius 3 is 2.42 bits per heavy atom. The number of carbonyl (C=O) groups excluding carboxylic acids is 1. The lowest BCUT2D eigenvalue weighted by Crippen LogP contribution is -2.35. The van der Waals surface area contributed by atoms with Crippen LogP contribution in [0, 0.1) is 10.5 Å². The number of para-hydroxylation sites is 1. The van der Waals surface area contributed by atoms with Gasteiger partial charge in [0.2, 0.25) is 0 Å². The number of halogens is 1. The summed E-state index contributed by atoms with van der Waals surface area (Å²) >= 11 is 2.14. The summed E-state index contributed by atoms with van der Waals surface area (Å²) in [5, 5.41) is 3.00. The molecule has 0 saturated heterocycles. The number of benzene rings is 2. The molecule has 26 heavy (non-hydrogen) atoms. The maximum atomic E-state index is 12.6. The SMILES string of the molecule is CCN(CCNC(=O)c1cc(OC)c(OC)cc1I)c1ccccc1C. The van der Waals surface area contributed by atoms with E-state index in [9.17, 15) is 4.79 Å². The number of anilines is 1. The molecule has 0 spiro atoms. The Bertz CT molecular complexity index is 765. The molecule has 1 amide bonds. The maximum Gasteiger partial charge on any atom is 0.252 e. The lowest BCUT2D eigenvalue weighted by Gasteiger charge is -2.25. The molecule has 0 radical (unpaired) electrons. The largest absolute Gasteiger partial charge is 0.493 e. The Kier molecular flexibility index (Phi) is 7.56. The third-order valence-electron chi connectivity index (χ3n) is 4.22. The van der Waals surface area contributed by atoms with Gasteiger partial charge in [0.1, 0.15) is 0 Å². The molecule has 0 unspecified atom stereocenters. The number of carbonyl (C=O) groups is 1. The second-order valence-corrected chi connectivity index (χ2v) is 6.97. The Morgan fingerprint density at radius 2 is 1.81 bits per heavy atom. The lowest BCUT2D eigenvalue weighted by molar-refractivity contribution is 0.0953. The number of aryl methyl sites for hydroxylation is 1. The number of likely N-dealkylation sites (N-methyl/N-ethyl adjacent to an activating group) is 1. The van der Waals surface area contributed by atoms with E-state index in [0.717, 1.165) is 16.7 Å². The van der Waals surface area contributed by atoms with Crippen molar-refractivity contribution in [3.8, 4) is 11.5 Å². The van der Waals surface area contributed by atoms with E-state index in [-0.39, 0.29) is 5.91 Å². The van der Waals surface area contributed by atoms with Crippen LogP contribution in [0.4, 0.5) is 5.69 Å². The number of methoxy groups -OCH3 is 2. The number of nitrogens with one attached hydrogen (secondary N) is 1. The molecular weight excluding hydrogens is 443 g/mol. The van der Waals surface area contributed by atoms with E-state index in [0.29, 0.717) is 23.6 Å². The van der Waals surface area contributed by atoms with Crippen molar-refractivity contribution in [2.24, 2.45) is 0 Å². The van der Waals surface area contributed by atoms with Gasteiger partial charge in [0.25, 0.3) is 5.91 Å². The molecule has 1 N–H and O–H groups in total. The number of ether oxygens (including phenoxy) is 2. The third-order valence-corrected chi connectivity index (χ3v) is 5.12. The van der Waals surface area contributed by atoms with Gasteiger partial charge < -0.3 is 19.7 Å². The van der Waals surface area contributed by atoms with Crippen molar-refractivity contribution in [2.45, 2.75) is 13.8 Å². The Labute approximate surface area is 168 Å². The first-order valence-corrected chi connectivity index (χ1v) is 9.60. The van der Waals surface area contributed by atoms with Crippen LogP contribution in [0.15, 0.2) is 36.4 Å². The lowest BCUT2D eigenvalue weighted by atomic mass is 10.1. The minimum atomic E-state index is -0.115. The summed E-state index contributed by atoms with van der Waals surface area (Å²) in [6.45, 7) is 6.41. The van der Waals surface area contributed by atoms with E-state index in [1.54, 1.807) is 26.4 Å². The molecule has 140 valence electrons. The van der Waals surface area contributed by atoms with Crippen LogP contribution in [0.25, 0.3) is 0 Å². The highest BCUT2D eigenvalue weighted by Crippen LogP contribution is 2.31. The van der Waals surface area contributed by atoms with Crippen LogP contribution in [0.1, 0.15) is 22.8 Å². The van der Waals surface area contributed by atoms with Crippen molar-refractivity contribution in [1.29, 1.82) is 0 Å². The van der Waals surface area contributed by atoms with Crippen LogP contribution in [0.5, 0.6) is 11.5 Å². The van der Waals surface area contributed by atoms with Gasteiger partial charge >= 0.3 is 0 Å². The highest BCUT2D eigenvalue weighted by atomic mass is 127. The highest BCUT2D eigenvalue weighted by Gasteiger charge is 2.15. The molecule has 0 aliphatic carbocycles. The number of rotatable bonds is 8. The van der Waals surface area contributed by atoms with Gasteiger partial charge in [-0.3, -0.25) is 4.79 Å². The van der Waals surface area contributed by atoms with Gasteiger partial charge in [0.05, 0.1) is 19.8 Å². The summed E-state index contributed by atoms with van der Waals surface area (Å²) < 4.78 is 11.4. The normalized spacial score (nSPS) is 10.3. The van der Waals surface area contributed by atoms with Gasteiger partial charge in [-0.15, -0.1) is 0 Å². The first-order valence-electron chi connectivity index (χ1n) is 8.52. The van der Waals surface area contributed by atoms with Gasteiger partial charge in [0.15, 0.2) is 11.5 Å². The molecule has 0 fully saturated rings. The molecule has 2 rings (SSSR count). The van der Waals surface area contributed by atoms with Crippen molar-refractivity contribution in [2.75, 3.05) is 38.8 Å². The predicted octanol–water partition coefficient (Wildman–Crippen LogP) is 3.87. The van der Waals surface area contributed by atoms with E-state index >= 15 is 0 Å². The summed E-state index contributed by atoms with van der Waals surface area (Å²) in [4.78, 5) is 14.8. The van der Waals surface area contributed by atoms with Gasteiger partial charge in [-0.05, 0) is 60.2 Å². The van der Waals surface area contributed by atoms with Crippen LogP contribution in [-0.2, 0) is 0 Å². The average molecular weight is 468 g/mol. The summed E-state index contributed by atoms with van der Waals surface area (Å²) in [5.74, 6) is 1.05. The van der Waals surface area contributed by atoms with Crippen LogP contribution >= 0.6 is 22.6 Å². The van der Waals surface area contributed by atoms with Crippen LogP contribution < -0.4 is 19.7 Å². The zero-order chi connectivity index (χ0) is 19.1. The Hall–Kier alpha value is -1.96. The second-order valence-electron chi connectivity index (χ2n) is 5.81. The van der Waals surface area contributed by atoms with Gasteiger partial charge in [-0.1, -0.05) is 18.2 Å². The first-order chi connectivity index (χ1) is 12.5. The van der Waals surface area contributed by atoms with Crippen molar-refractivity contribution >= 4 is 34.2 Å². The average Bonchev–Trinajstić information content (AvgIpc) is 2.65. The van der Waals surface area contributed by atoms with Crippen molar-refractivity contribution in [3.05, 3.63) is 51.1 Å². The van der Waals surface area contributed by atoms with E-state index in [4.69, 9.17) is 9.47 Å². The molecule has 0 aromatic heterocycles. The zero-order valence-electron chi connectivity index (χ0n) is 15.6. The summed E-state index contributed by atoms with van der Waals surface area (Å²) in [6.07, 6.45) is 0. The highest BCUT2D eigenvalue weighted by molar-refractivity contribution is 14.1. The topological polar surface area (TPSA) is 50.8 Å². The van der Waals surface area contributed by atoms with Crippen molar-refractivity contribution < 1.29 is 14.3 Å². The number of hydrogen-bond donors (Lipinski definition) is 1. The van der Waals surface area contributed by atoms with Crippen molar-refractivity contribution in [3.63, 3.8) is 0 Å². The standard InChI is InChI=1S/C20H25IN2O3/c1-5-23(17-9-7-6-8-14(17)2)11-10-22-20(24)15-12-18(25-3)19(26-4)13-16(15)21/h6-9,12-13H,5,10-11H2,1-4H3,(H,22,24). The van der Waals surface area contributed by atoms with E-state index in [1.807, 2.05) is 12.1 Å². The fourth-order valence-corrected chi connectivity index (χ4v) is 3.48. The molecule has 0 atom stereocenters. The number of nitrogens with zero attached hydrogens (tertiary/aromatic N) is 1. The fraction of sp³-hybridized carbons (Fsp3) is 0.350. The van der Waals surface area contributed by atoms with Gasteiger partial charge in [-0.25, -0.2) is 0 Å². The fourth-order valence-electron chi connectivity index (χ4n) is 2.79. The second kappa shape index (κ2) is 9.66. The van der Waals surface area contributed by atoms with E-state index in [1.165, 1.54) is 11.3 Å². The molecule has 0 heterocycles. The van der Waals surface area contributed by atoms with Crippen molar-refractivity contribution in [1.82, 2.24) is 5.32 Å². The molecule has 0 aliphatic rings. The monoisotopic (exact) mass is 468 g/mol. The smallest absolute Gasteiger partial charge is 0.252 e. The summed E-state index contributed by atoms with van der Waals surface area (Å²) in [7, 11) is 3.15. The van der Waals surface area contributed by atoms with Gasteiger partial charge in [-0.2, -0.15) is 0 Å². The number of hydrogen-bond acceptors (Lipinski definition) is 4. The quantitative estimate of drug-likeness (QED) is 0.598. The molecule has 0 bridgehead atoms. The molecule has 2 aromatic rings. The predicted molar refractivity (Wildman–Crippen MR) is 114 cm³/mol. The number of amides is 1. The molecule has 6 heteroatoms. The van der Waals surface area contributed by atoms with E-state index in [2.05, 4.69) is 58.8 Å². The Morgan fingerprint density at radius 1 is 1.15 bits per heavy atom. The molecule has 0 aliphatic heterocycles. The molecule has 2 aromatic carbocycles. The van der Waals surface area contributed by atoms with Crippen LogP contribution in [-0.4, -0.2) is 39.8 Å². The summed E-state index contributed by atoms with van der Waals surface area (Å²) in [5.41, 5.74) is 3.02. The van der Waals surface area contributed by atoms with E-state index < -0.39 is 0 Å². The summed E-state index contributed by atoms with van der Waals surface area (Å²) in [6, 6.07) is 11.8. The zero-order valence-corrected chi connectivity index (χ0v) is 17.8. The van der Waals surface area contributed by atoms with Crippen LogP contribution in [0.2, 0.25) is 0 Å². The minimum absolute atomic E-state index is 0.115. The molecular formula is C20H25IN2O3. The molecule has 0 saturated carbocycles. The Balaban J connectivity index is 2.03. The minimum Gasteiger partial charge on any atom is -0.493 e. The van der Waals surface area contributed by atoms with Crippen LogP contribution in [0.3, 0.4) is 0 Å². The third kappa shape index (κ3) is 4.81.